The summed E-state index contributed by atoms with van der Waals surface area (Å²) in [4.78, 5) is 15.4. The normalized spacial score (nSPS) is 9.60. The van der Waals surface area contributed by atoms with E-state index in [-0.39, 0.29) is 11.7 Å². The third-order valence-corrected chi connectivity index (χ3v) is 1.94. The van der Waals surface area contributed by atoms with Gasteiger partial charge in [0.25, 0.3) is 5.88 Å². The zero-order valence-corrected chi connectivity index (χ0v) is 9.16. The average Bonchev–Trinajstić information content (AvgIpc) is 2.26. The second-order valence-corrected chi connectivity index (χ2v) is 2.80. The van der Waals surface area contributed by atoms with E-state index in [1.807, 2.05) is 0 Å². The van der Waals surface area contributed by atoms with E-state index in [0.717, 1.165) is 0 Å². The minimum atomic E-state index is -0.163. The van der Waals surface area contributed by atoms with Crippen molar-refractivity contribution in [1.29, 1.82) is 0 Å². The molecule has 0 spiro atoms. The van der Waals surface area contributed by atoms with Crippen LogP contribution in [-0.4, -0.2) is 32.1 Å². The molecule has 0 unspecified atom stereocenters. The number of pyridine rings is 1. The molecule has 0 aromatic carbocycles. The predicted molar refractivity (Wildman–Crippen MR) is 53.9 cm³/mol. The summed E-state index contributed by atoms with van der Waals surface area (Å²) in [5.41, 5.74) is 0.340. The fraction of sp³-hybridized carbons (Fsp3) is 0.400. The van der Waals surface area contributed by atoms with Gasteiger partial charge in [-0.3, -0.25) is 4.79 Å². The molecule has 0 saturated carbocycles. The Kier molecular flexibility index (Phi) is 3.49. The van der Waals surface area contributed by atoms with Crippen LogP contribution >= 0.6 is 0 Å². The van der Waals surface area contributed by atoms with E-state index in [9.17, 15) is 4.79 Å². The molecule has 1 rings (SSSR count). The number of Topliss-reactive ketones (excluding diaryl/α,β-unsaturated/α-hetero) is 1. The van der Waals surface area contributed by atoms with Gasteiger partial charge in [0, 0.05) is 0 Å². The lowest BCUT2D eigenvalue weighted by molar-refractivity contribution is 0.101. The van der Waals surface area contributed by atoms with Gasteiger partial charge in [0.1, 0.15) is 5.56 Å². The highest BCUT2D eigenvalue weighted by atomic mass is 16.5. The summed E-state index contributed by atoms with van der Waals surface area (Å²) >= 11 is 0. The largest absolute Gasteiger partial charge is 0.494 e. The van der Waals surface area contributed by atoms with Crippen LogP contribution in [0.1, 0.15) is 17.3 Å². The molecule has 0 atom stereocenters. The van der Waals surface area contributed by atoms with Crippen molar-refractivity contribution in [3.63, 3.8) is 0 Å². The lowest BCUT2D eigenvalue weighted by Crippen LogP contribution is -2.04. The Bertz CT molecular complexity index is 376. The predicted octanol–water partition coefficient (Wildman–Crippen LogP) is 1.31. The van der Waals surface area contributed by atoms with Crippen LogP contribution in [0.4, 0.5) is 0 Å². The van der Waals surface area contributed by atoms with E-state index in [2.05, 4.69) is 4.98 Å². The fourth-order valence-corrected chi connectivity index (χ4v) is 1.28. The maximum Gasteiger partial charge on any atom is 0.257 e. The average molecular weight is 211 g/mol. The maximum atomic E-state index is 11.4. The number of carbonyl (C=O) groups excluding carboxylic acids is 1. The van der Waals surface area contributed by atoms with Crippen LogP contribution in [0, 0.1) is 0 Å². The molecule has 0 aliphatic rings. The first-order chi connectivity index (χ1) is 7.15. The maximum absolute atomic E-state index is 11.4. The summed E-state index contributed by atoms with van der Waals surface area (Å²) < 4.78 is 15.1. The van der Waals surface area contributed by atoms with Crippen molar-refractivity contribution in [2.75, 3.05) is 21.3 Å². The van der Waals surface area contributed by atoms with Gasteiger partial charge in [0.05, 0.1) is 27.5 Å². The number of hydrogen-bond acceptors (Lipinski definition) is 5. The van der Waals surface area contributed by atoms with Gasteiger partial charge in [-0.15, -0.1) is 0 Å². The Hall–Kier alpha value is -1.78. The van der Waals surface area contributed by atoms with Crippen molar-refractivity contribution in [3.8, 4) is 17.4 Å². The van der Waals surface area contributed by atoms with Crippen molar-refractivity contribution < 1.29 is 19.0 Å². The van der Waals surface area contributed by atoms with Crippen LogP contribution in [0.2, 0.25) is 0 Å². The summed E-state index contributed by atoms with van der Waals surface area (Å²) in [6.07, 6.45) is 1.43. The van der Waals surface area contributed by atoms with Crippen molar-refractivity contribution in [3.05, 3.63) is 11.8 Å². The van der Waals surface area contributed by atoms with Gasteiger partial charge in [-0.05, 0) is 6.92 Å². The molecule has 0 saturated heterocycles. The molecule has 1 heterocycles. The molecular formula is C10H13NO4. The van der Waals surface area contributed by atoms with Gasteiger partial charge in [-0.1, -0.05) is 0 Å². The molecule has 15 heavy (non-hydrogen) atoms. The number of carbonyl (C=O) groups is 1. The second kappa shape index (κ2) is 4.63. The standard InChI is InChI=1S/C10H13NO4/c1-6(12)8-7(13-2)5-11-10(15-4)9(8)14-3/h5H,1-4H3. The lowest BCUT2D eigenvalue weighted by Gasteiger charge is -2.12. The second-order valence-electron chi connectivity index (χ2n) is 2.80. The number of ether oxygens (including phenoxy) is 3. The zero-order chi connectivity index (χ0) is 11.4. The Morgan fingerprint density at radius 1 is 1.20 bits per heavy atom. The first-order valence-corrected chi connectivity index (χ1v) is 4.31. The highest BCUT2D eigenvalue weighted by molar-refractivity contribution is 6.00. The van der Waals surface area contributed by atoms with Crippen LogP contribution in [0.3, 0.4) is 0 Å². The summed E-state index contributed by atoms with van der Waals surface area (Å²) in [5, 5.41) is 0. The first-order valence-electron chi connectivity index (χ1n) is 4.31. The molecule has 82 valence electrons. The SMILES string of the molecule is COc1cnc(OC)c(OC)c1C(C)=O. The topological polar surface area (TPSA) is 57.6 Å². The molecule has 0 radical (unpaired) electrons. The number of hydrogen-bond donors (Lipinski definition) is 0. The molecule has 1 aromatic rings. The van der Waals surface area contributed by atoms with Crippen molar-refractivity contribution in [1.82, 2.24) is 4.98 Å². The third kappa shape index (κ3) is 2.01. The van der Waals surface area contributed by atoms with Crippen LogP contribution in [0.25, 0.3) is 0 Å². The zero-order valence-electron chi connectivity index (χ0n) is 9.16. The molecule has 5 heteroatoms. The Morgan fingerprint density at radius 3 is 2.27 bits per heavy atom. The van der Waals surface area contributed by atoms with Gasteiger partial charge in [-0.2, -0.15) is 0 Å². The minimum absolute atomic E-state index is 0.163. The number of ketones is 1. The molecule has 0 N–H and O–H groups in total. The molecule has 1 aromatic heterocycles. The van der Waals surface area contributed by atoms with Crippen LogP contribution in [-0.2, 0) is 0 Å². The summed E-state index contributed by atoms with van der Waals surface area (Å²) in [6, 6.07) is 0. The highest BCUT2D eigenvalue weighted by Gasteiger charge is 2.20. The molecule has 0 bridgehead atoms. The van der Waals surface area contributed by atoms with Gasteiger partial charge in [0.15, 0.2) is 17.3 Å². The third-order valence-electron chi connectivity index (χ3n) is 1.94. The lowest BCUT2D eigenvalue weighted by atomic mass is 10.1. The Morgan fingerprint density at radius 2 is 1.87 bits per heavy atom. The van der Waals surface area contributed by atoms with Gasteiger partial charge in [-0.25, -0.2) is 4.98 Å². The van der Waals surface area contributed by atoms with E-state index in [0.29, 0.717) is 17.1 Å². The molecular weight excluding hydrogens is 198 g/mol. The summed E-state index contributed by atoms with van der Waals surface area (Å²) in [6.45, 7) is 1.43. The summed E-state index contributed by atoms with van der Waals surface area (Å²) in [5.74, 6) is 0.775. The Labute approximate surface area is 88.0 Å². The smallest absolute Gasteiger partial charge is 0.257 e. The number of aromatic nitrogens is 1. The van der Waals surface area contributed by atoms with E-state index in [4.69, 9.17) is 14.2 Å². The number of rotatable bonds is 4. The molecule has 5 nitrogen and oxygen atoms in total. The molecule has 0 aliphatic carbocycles. The van der Waals surface area contributed by atoms with E-state index in [1.165, 1.54) is 34.4 Å². The Balaban J connectivity index is 3.44. The van der Waals surface area contributed by atoms with E-state index >= 15 is 0 Å². The first kappa shape index (κ1) is 11.3. The van der Waals surface area contributed by atoms with Crippen molar-refractivity contribution >= 4 is 5.78 Å². The quantitative estimate of drug-likeness (QED) is 0.703. The number of nitrogens with zero attached hydrogens (tertiary/aromatic N) is 1. The van der Waals surface area contributed by atoms with E-state index in [1.54, 1.807) is 0 Å². The van der Waals surface area contributed by atoms with Crippen LogP contribution < -0.4 is 14.2 Å². The van der Waals surface area contributed by atoms with Gasteiger partial charge < -0.3 is 14.2 Å². The molecule has 0 fully saturated rings. The van der Waals surface area contributed by atoms with Gasteiger partial charge >= 0.3 is 0 Å². The molecule has 0 aliphatic heterocycles. The van der Waals surface area contributed by atoms with Crippen LogP contribution in [0.5, 0.6) is 17.4 Å². The van der Waals surface area contributed by atoms with Crippen molar-refractivity contribution in [2.24, 2.45) is 0 Å². The fourth-order valence-electron chi connectivity index (χ4n) is 1.28. The van der Waals surface area contributed by atoms with Crippen molar-refractivity contribution in [2.45, 2.75) is 6.92 Å². The molecule has 0 amide bonds. The van der Waals surface area contributed by atoms with Crippen LogP contribution in [0.15, 0.2) is 6.20 Å². The van der Waals surface area contributed by atoms with E-state index < -0.39 is 0 Å². The number of methoxy groups -OCH3 is 3. The summed E-state index contributed by atoms with van der Waals surface area (Å²) in [7, 11) is 4.38. The van der Waals surface area contributed by atoms with Gasteiger partial charge in [0.2, 0.25) is 0 Å². The minimum Gasteiger partial charge on any atom is -0.494 e. The highest BCUT2D eigenvalue weighted by Crippen LogP contribution is 2.35. The monoisotopic (exact) mass is 211 g/mol.